The van der Waals surface area contributed by atoms with Gasteiger partial charge >= 0.3 is 6.09 Å². The van der Waals surface area contributed by atoms with Crippen molar-refractivity contribution in [3.05, 3.63) is 29.3 Å². The molecule has 4 rings (SSSR count). The first kappa shape index (κ1) is 21.1. The number of carbonyl (C=O) groups excluding carboxylic acids is 4. The van der Waals surface area contributed by atoms with E-state index in [2.05, 4.69) is 4.90 Å². The molecule has 1 aromatic carbocycles. The highest BCUT2D eigenvalue weighted by molar-refractivity contribution is 6.01. The number of hydroxylamine groups is 2. The topological polar surface area (TPSA) is 99.7 Å². The Labute approximate surface area is 180 Å². The first-order valence-corrected chi connectivity index (χ1v) is 10.5. The number of ether oxygens (including phenoxy) is 1. The number of piperazine rings is 1. The van der Waals surface area contributed by atoms with E-state index in [4.69, 9.17) is 9.57 Å². The molecule has 10 nitrogen and oxygen atoms in total. The molecule has 4 amide bonds. The molecule has 31 heavy (non-hydrogen) atoms. The summed E-state index contributed by atoms with van der Waals surface area (Å²) in [7, 11) is 1.57. The number of methoxy groups -OCH3 is 1. The Morgan fingerprint density at radius 3 is 2.19 bits per heavy atom. The van der Waals surface area contributed by atoms with Gasteiger partial charge in [-0.3, -0.25) is 19.3 Å². The number of benzene rings is 1. The summed E-state index contributed by atoms with van der Waals surface area (Å²) in [5.41, 5.74) is 1.49. The summed E-state index contributed by atoms with van der Waals surface area (Å²) < 4.78 is 5.58. The molecule has 0 N–H and O–H groups in total. The van der Waals surface area contributed by atoms with Crippen LogP contribution in [-0.4, -0.2) is 90.0 Å². The Balaban J connectivity index is 1.34. The number of amides is 4. The van der Waals surface area contributed by atoms with Gasteiger partial charge in [0.05, 0.1) is 12.7 Å². The third kappa shape index (κ3) is 4.34. The van der Waals surface area contributed by atoms with Crippen molar-refractivity contribution in [2.75, 3.05) is 46.4 Å². The second kappa shape index (κ2) is 8.93. The van der Waals surface area contributed by atoms with Crippen LogP contribution in [0.1, 0.15) is 35.2 Å². The van der Waals surface area contributed by atoms with Crippen molar-refractivity contribution in [2.45, 2.75) is 25.8 Å². The van der Waals surface area contributed by atoms with Crippen LogP contribution in [0.3, 0.4) is 0 Å². The lowest BCUT2D eigenvalue weighted by Crippen LogP contribution is -2.50. The maximum absolute atomic E-state index is 12.7. The Hall–Kier alpha value is -3.14. The van der Waals surface area contributed by atoms with Gasteiger partial charge in [0.2, 0.25) is 0 Å². The van der Waals surface area contributed by atoms with Crippen LogP contribution in [0.25, 0.3) is 0 Å². The molecule has 0 unspecified atom stereocenters. The fourth-order valence-electron chi connectivity index (χ4n) is 3.93. The molecule has 3 fully saturated rings. The van der Waals surface area contributed by atoms with Gasteiger partial charge in [0.15, 0.2) is 0 Å². The molecule has 10 heteroatoms. The third-order valence-electron chi connectivity index (χ3n) is 5.87. The fourth-order valence-corrected chi connectivity index (χ4v) is 3.93. The SMILES string of the molecule is COc1c(CN2CCN(C(=O)ON3C(=O)CCC3=O)CC2)cccc1C(=O)N1CCC1. The molecule has 0 aromatic heterocycles. The Morgan fingerprint density at radius 2 is 1.61 bits per heavy atom. The van der Waals surface area contributed by atoms with Gasteiger partial charge in [-0.05, 0) is 12.5 Å². The Bertz CT molecular complexity index is 876. The minimum atomic E-state index is -0.692. The predicted octanol–water partition coefficient (Wildman–Crippen LogP) is 0.859. The molecular weight excluding hydrogens is 404 g/mol. The van der Waals surface area contributed by atoms with Gasteiger partial charge in [-0.25, -0.2) is 4.79 Å². The van der Waals surface area contributed by atoms with Gasteiger partial charge in [0, 0.05) is 64.2 Å². The summed E-state index contributed by atoms with van der Waals surface area (Å²) >= 11 is 0. The fraction of sp³-hybridized carbons (Fsp3) is 0.524. The Morgan fingerprint density at radius 1 is 0.935 bits per heavy atom. The quantitative estimate of drug-likeness (QED) is 0.639. The van der Waals surface area contributed by atoms with Crippen molar-refractivity contribution < 1.29 is 28.8 Å². The van der Waals surface area contributed by atoms with Crippen LogP contribution in [0, 0.1) is 0 Å². The highest BCUT2D eigenvalue weighted by Crippen LogP contribution is 2.28. The summed E-state index contributed by atoms with van der Waals surface area (Å²) in [6.07, 6.45) is 0.478. The molecule has 3 heterocycles. The average molecular weight is 430 g/mol. The smallest absolute Gasteiger partial charge is 0.434 e. The van der Waals surface area contributed by atoms with Crippen molar-refractivity contribution in [2.24, 2.45) is 0 Å². The van der Waals surface area contributed by atoms with Crippen molar-refractivity contribution in [3.63, 3.8) is 0 Å². The molecule has 3 aliphatic heterocycles. The summed E-state index contributed by atoms with van der Waals surface area (Å²) in [5, 5.41) is 0.570. The monoisotopic (exact) mass is 430 g/mol. The van der Waals surface area contributed by atoms with E-state index < -0.39 is 17.9 Å². The standard InChI is InChI=1S/C21H26N4O6/c1-30-19-15(4-2-5-16(19)20(28)23-8-3-9-23)14-22-10-12-24(13-11-22)21(29)31-25-17(26)6-7-18(25)27/h2,4-5H,3,6-14H2,1H3. The minimum Gasteiger partial charge on any atom is -0.496 e. The minimum absolute atomic E-state index is 0.0106. The van der Waals surface area contributed by atoms with Crippen molar-refractivity contribution in [3.8, 4) is 5.75 Å². The molecule has 0 saturated carbocycles. The zero-order valence-corrected chi connectivity index (χ0v) is 17.5. The molecule has 0 radical (unpaired) electrons. The highest BCUT2D eigenvalue weighted by Gasteiger charge is 2.35. The van der Waals surface area contributed by atoms with Gasteiger partial charge < -0.3 is 19.4 Å². The van der Waals surface area contributed by atoms with E-state index in [1.165, 1.54) is 4.90 Å². The van der Waals surface area contributed by atoms with Crippen LogP contribution >= 0.6 is 0 Å². The number of hydrogen-bond acceptors (Lipinski definition) is 7. The summed E-state index contributed by atoms with van der Waals surface area (Å²) in [5.74, 6) is -0.399. The number of likely N-dealkylation sites (tertiary alicyclic amines) is 1. The van der Waals surface area contributed by atoms with E-state index in [9.17, 15) is 19.2 Å². The van der Waals surface area contributed by atoms with E-state index in [1.54, 1.807) is 13.2 Å². The van der Waals surface area contributed by atoms with Gasteiger partial charge in [0.1, 0.15) is 5.75 Å². The van der Waals surface area contributed by atoms with Crippen LogP contribution in [0.5, 0.6) is 5.75 Å². The first-order chi connectivity index (χ1) is 15.0. The van der Waals surface area contributed by atoms with Gasteiger partial charge in [-0.1, -0.05) is 12.1 Å². The lowest BCUT2D eigenvalue weighted by Gasteiger charge is -2.35. The lowest BCUT2D eigenvalue weighted by atomic mass is 10.0. The van der Waals surface area contributed by atoms with Crippen LogP contribution < -0.4 is 4.74 Å². The van der Waals surface area contributed by atoms with Crippen molar-refractivity contribution in [1.82, 2.24) is 19.8 Å². The van der Waals surface area contributed by atoms with Gasteiger partial charge in [-0.15, -0.1) is 5.06 Å². The van der Waals surface area contributed by atoms with Crippen LogP contribution in [-0.2, 0) is 21.0 Å². The molecule has 0 aliphatic carbocycles. The van der Waals surface area contributed by atoms with Crippen LogP contribution in [0.4, 0.5) is 4.79 Å². The largest absolute Gasteiger partial charge is 0.496 e. The van der Waals surface area contributed by atoms with E-state index in [0.29, 0.717) is 49.1 Å². The molecule has 166 valence electrons. The summed E-state index contributed by atoms with van der Waals surface area (Å²) in [4.78, 5) is 58.7. The number of hydrogen-bond donors (Lipinski definition) is 0. The van der Waals surface area contributed by atoms with Crippen molar-refractivity contribution in [1.29, 1.82) is 0 Å². The van der Waals surface area contributed by atoms with Gasteiger partial charge in [-0.2, -0.15) is 0 Å². The number of carbonyl (C=O) groups is 4. The lowest BCUT2D eigenvalue weighted by molar-refractivity contribution is -0.174. The first-order valence-electron chi connectivity index (χ1n) is 10.5. The van der Waals surface area contributed by atoms with Crippen LogP contribution in [0.15, 0.2) is 18.2 Å². The molecule has 0 spiro atoms. The zero-order chi connectivity index (χ0) is 22.0. The zero-order valence-electron chi connectivity index (χ0n) is 17.5. The summed E-state index contributed by atoms with van der Waals surface area (Å²) in [6.45, 7) is 4.12. The normalized spacial score (nSPS) is 19.5. The number of para-hydroxylation sites is 1. The average Bonchev–Trinajstić information content (AvgIpc) is 3.04. The number of nitrogens with zero attached hydrogens (tertiary/aromatic N) is 4. The second-order valence-corrected chi connectivity index (χ2v) is 7.85. The second-order valence-electron chi connectivity index (χ2n) is 7.85. The molecule has 3 saturated heterocycles. The van der Waals surface area contributed by atoms with E-state index in [1.807, 2.05) is 17.0 Å². The molecule has 0 atom stereocenters. The van der Waals surface area contributed by atoms with E-state index in [-0.39, 0.29) is 18.7 Å². The maximum atomic E-state index is 12.7. The molecule has 3 aliphatic rings. The Kier molecular flexibility index (Phi) is 6.08. The number of rotatable bonds is 5. The van der Waals surface area contributed by atoms with Crippen molar-refractivity contribution >= 4 is 23.8 Å². The predicted molar refractivity (Wildman–Crippen MR) is 108 cm³/mol. The summed E-state index contributed by atoms with van der Waals surface area (Å²) in [6, 6.07) is 5.59. The third-order valence-corrected chi connectivity index (χ3v) is 5.87. The molecular formula is C21H26N4O6. The molecule has 1 aromatic rings. The van der Waals surface area contributed by atoms with E-state index >= 15 is 0 Å². The molecule has 0 bridgehead atoms. The highest BCUT2D eigenvalue weighted by atomic mass is 16.7. The van der Waals surface area contributed by atoms with Gasteiger partial charge in [0.25, 0.3) is 17.7 Å². The maximum Gasteiger partial charge on any atom is 0.434 e. The van der Waals surface area contributed by atoms with E-state index in [0.717, 1.165) is 25.1 Å². The van der Waals surface area contributed by atoms with Crippen LogP contribution in [0.2, 0.25) is 0 Å². The number of imide groups is 1.